The molecule has 2 heterocycles. The zero-order valence-electron chi connectivity index (χ0n) is 10.6. The van der Waals surface area contributed by atoms with Crippen LogP contribution in [0.15, 0.2) is 18.5 Å². The van der Waals surface area contributed by atoms with Gasteiger partial charge in [0.15, 0.2) is 0 Å². The van der Waals surface area contributed by atoms with E-state index in [0.29, 0.717) is 23.4 Å². The standard InChI is InChI=1S/C13H19N3OS/c1-16-7-2-3-10(16)5-8-17-12-9-15-6-4-11(12)13(14)18/h4,6,9-10H,2-3,5,7-8H2,1H3,(H2,14,18). The molecule has 0 spiro atoms. The van der Waals surface area contributed by atoms with Crippen molar-refractivity contribution in [1.82, 2.24) is 9.88 Å². The van der Waals surface area contributed by atoms with E-state index in [1.807, 2.05) is 0 Å². The molecule has 1 aromatic heterocycles. The van der Waals surface area contributed by atoms with Crippen molar-refractivity contribution in [2.45, 2.75) is 25.3 Å². The Morgan fingerprint density at radius 3 is 3.17 bits per heavy atom. The highest BCUT2D eigenvalue weighted by Gasteiger charge is 2.20. The largest absolute Gasteiger partial charge is 0.491 e. The van der Waals surface area contributed by atoms with E-state index in [2.05, 4.69) is 16.9 Å². The van der Waals surface area contributed by atoms with E-state index in [1.54, 1.807) is 18.5 Å². The number of likely N-dealkylation sites (tertiary alicyclic amines) is 1. The summed E-state index contributed by atoms with van der Waals surface area (Å²) in [5.74, 6) is 0.686. The number of rotatable bonds is 5. The summed E-state index contributed by atoms with van der Waals surface area (Å²) < 4.78 is 5.75. The SMILES string of the molecule is CN1CCCC1CCOc1cnccc1C(N)=S. The van der Waals surface area contributed by atoms with Crippen molar-refractivity contribution in [3.05, 3.63) is 24.0 Å². The van der Waals surface area contributed by atoms with Crippen LogP contribution >= 0.6 is 12.2 Å². The van der Waals surface area contributed by atoms with Gasteiger partial charge in [0.2, 0.25) is 0 Å². The van der Waals surface area contributed by atoms with Gasteiger partial charge in [-0.15, -0.1) is 0 Å². The van der Waals surface area contributed by atoms with Crippen LogP contribution in [0.2, 0.25) is 0 Å². The fourth-order valence-corrected chi connectivity index (χ4v) is 2.52. The Morgan fingerprint density at radius 1 is 1.67 bits per heavy atom. The molecule has 0 aromatic carbocycles. The second-order valence-corrected chi connectivity index (χ2v) is 5.09. The van der Waals surface area contributed by atoms with E-state index < -0.39 is 0 Å². The monoisotopic (exact) mass is 265 g/mol. The highest BCUT2D eigenvalue weighted by molar-refractivity contribution is 7.80. The van der Waals surface area contributed by atoms with E-state index >= 15 is 0 Å². The molecule has 1 aliphatic rings. The first kappa shape index (κ1) is 13.2. The number of nitrogens with zero attached hydrogens (tertiary/aromatic N) is 2. The van der Waals surface area contributed by atoms with Crippen molar-refractivity contribution in [3.8, 4) is 5.75 Å². The lowest BCUT2D eigenvalue weighted by Gasteiger charge is -2.19. The molecule has 0 amide bonds. The van der Waals surface area contributed by atoms with Crippen LogP contribution in [0.4, 0.5) is 0 Å². The molecule has 1 fully saturated rings. The van der Waals surface area contributed by atoms with Crippen molar-refractivity contribution in [1.29, 1.82) is 0 Å². The highest BCUT2D eigenvalue weighted by atomic mass is 32.1. The third-order valence-electron chi connectivity index (χ3n) is 3.43. The molecular weight excluding hydrogens is 246 g/mol. The summed E-state index contributed by atoms with van der Waals surface area (Å²) >= 11 is 4.99. The Balaban J connectivity index is 1.88. The Morgan fingerprint density at radius 2 is 2.50 bits per heavy atom. The molecule has 2 rings (SSSR count). The Bertz CT molecular complexity index is 424. The van der Waals surface area contributed by atoms with Gasteiger partial charge >= 0.3 is 0 Å². The molecule has 0 bridgehead atoms. The summed E-state index contributed by atoms with van der Waals surface area (Å²) in [6, 6.07) is 2.43. The molecule has 0 aliphatic carbocycles. The van der Waals surface area contributed by atoms with Crippen LogP contribution in [0.1, 0.15) is 24.8 Å². The van der Waals surface area contributed by atoms with Gasteiger partial charge in [0.05, 0.1) is 18.4 Å². The molecule has 1 unspecified atom stereocenters. The second kappa shape index (κ2) is 6.11. The summed E-state index contributed by atoms with van der Waals surface area (Å²) in [6.45, 7) is 1.87. The van der Waals surface area contributed by atoms with Gasteiger partial charge in [-0.3, -0.25) is 4.98 Å². The topological polar surface area (TPSA) is 51.4 Å². The van der Waals surface area contributed by atoms with Crippen LogP contribution in [-0.4, -0.2) is 41.1 Å². The predicted octanol–water partition coefficient (Wildman–Crippen LogP) is 1.58. The van der Waals surface area contributed by atoms with Crippen molar-refractivity contribution in [2.24, 2.45) is 5.73 Å². The number of hydrogen-bond acceptors (Lipinski definition) is 4. The van der Waals surface area contributed by atoms with Crippen LogP contribution in [0, 0.1) is 0 Å². The normalized spacial score (nSPS) is 19.9. The van der Waals surface area contributed by atoms with Gasteiger partial charge < -0.3 is 15.4 Å². The summed E-state index contributed by atoms with van der Waals surface area (Å²) in [5.41, 5.74) is 6.41. The minimum Gasteiger partial charge on any atom is -0.491 e. The first-order valence-electron chi connectivity index (χ1n) is 6.25. The maximum Gasteiger partial charge on any atom is 0.147 e. The number of thiocarbonyl (C=S) groups is 1. The van der Waals surface area contributed by atoms with Crippen LogP contribution < -0.4 is 10.5 Å². The summed E-state index contributed by atoms with van der Waals surface area (Å²) in [4.78, 5) is 6.78. The van der Waals surface area contributed by atoms with Gasteiger partial charge in [-0.2, -0.15) is 0 Å². The molecule has 4 nitrogen and oxygen atoms in total. The van der Waals surface area contributed by atoms with Crippen LogP contribution in [0.3, 0.4) is 0 Å². The Kier molecular flexibility index (Phi) is 4.49. The van der Waals surface area contributed by atoms with E-state index in [0.717, 1.165) is 12.0 Å². The molecule has 2 N–H and O–H groups in total. The van der Waals surface area contributed by atoms with Gasteiger partial charge in [-0.1, -0.05) is 12.2 Å². The van der Waals surface area contributed by atoms with E-state index in [1.165, 1.54) is 19.4 Å². The molecule has 18 heavy (non-hydrogen) atoms. The lowest BCUT2D eigenvalue weighted by molar-refractivity contribution is 0.232. The number of ether oxygens (including phenoxy) is 1. The second-order valence-electron chi connectivity index (χ2n) is 4.65. The predicted molar refractivity (Wildman–Crippen MR) is 75.9 cm³/mol. The van der Waals surface area contributed by atoms with Gasteiger partial charge in [0.25, 0.3) is 0 Å². The molecule has 1 atom stereocenters. The number of pyridine rings is 1. The molecule has 0 radical (unpaired) electrons. The zero-order valence-corrected chi connectivity index (χ0v) is 11.4. The lowest BCUT2D eigenvalue weighted by atomic mass is 10.1. The summed E-state index contributed by atoms with van der Waals surface area (Å²) in [6.07, 6.45) is 6.92. The number of hydrogen-bond donors (Lipinski definition) is 1. The minimum atomic E-state index is 0.352. The quantitative estimate of drug-likeness (QED) is 0.819. The molecule has 1 aromatic rings. The average Bonchev–Trinajstić information content (AvgIpc) is 2.76. The minimum absolute atomic E-state index is 0.352. The van der Waals surface area contributed by atoms with E-state index in [9.17, 15) is 0 Å². The Labute approximate surface area is 113 Å². The van der Waals surface area contributed by atoms with Crippen molar-refractivity contribution in [2.75, 3.05) is 20.2 Å². The van der Waals surface area contributed by atoms with Crippen molar-refractivity contribution >= 4 is 17.2 Å². The number of aromatic nitrogens is 1. The van der Waals surface area contributed by atoms with Gasteiger partial charge in [0, 0.05) is 12.2 Å². The van der Waals surface area contributed by atoms with Gasteiger partial charge in [0.1, 0.15) is 10.7 Å². The smallest absolute Gasteiger partial charge is 0.147 e. The van der Waals surface area contributed by atoms with E-state index in [4.69, 9.17) is 22.7 Å². The molecule has 98 valence electrons. The van der Waals surface area contributed by atoms with Crippen molar-refractivity contribution in [3.63, 3.8) is 0 Å². The summed E-state index contributed by atoms with van der Waals surface area (Å²) in [5, 5.41) is 0. The van der Waals surface area contributed by atoms with Gasteiger partial charge in [-0.05, 0) is 38.9 Å². The highest BCUT2D eigenvalue weighted by Crippen LogP contribution is 2.20. The zero-order chi connectivity index (χ0) is 13.0. The average molecular weight is 265 g/mol. The van der Waals surface area contributed by atoms with Crippen LogP contribution in [0.5, 0.6) is 5.75 Å². The number of nitrogens with two attached hydrogens (primary N) is 1. The van der Waals surface area contributed by atoms with Crippen LogP contribution in [-0.2, 0) is 0 Å². The molecule has 0 saturated carbocycles. The van der Waals surface area contributed by atoms with Crippen molar-refractivity contribution < 1.29 is 4.74 Å². The third-order valence-corrected chi connectivity index (χ3v) is 3.65. The van der Waals surface area contributed by atoms with E-state index in [-0.39, 0.29) is 0 Å². The molecular formula is C13H19N3OS. The first-order valence-corrected chi connectivity index (χ1v) is 6.66. The van der Waals surface area contributed by atoms with Gasteiger partial charge in [-0.25, -0.2) is 0 Å². The fraction of sp³-hybridized carbons (Fsp3) is 0.538. The summed E-state index contributed by atoms with van der Waals surface area (Å²) in [7, 11) is 2.17. The molecule has 5 heteroatoms. The fourth-order valence-electron chi connectivity index (χ4n) is 2.35. The third kappa shape index (κ3) is 3.17. The van der Waals surface area contributed by atoms with Crippen LogP contribution in [0.25, 0.3) is 0 Å². The first-order chi connectivity index (χ1) is 8.68. The maximum atomic E-state index is 5.75. The molecule has 1 saturated heterocycles. The maximum absolute atomic E-state index is 5.75. The Hall–Kier alpha value is -1.20. The lowest BCUT2D eigenvalue weighted by Crippen LogP contribution is -2.26. The molecule has 1 aliphatic heterocycles.